The molecule has 3 aromatic carbocycles. The third kappa shape index (κ3) is 3.06. The Kier molecular flexibility index (Phi) is 4.21. The molecular weight excluding hydrogens is 376 g/mol. The summed E-state index contributed by atoms with van der Waals surface area (Å²) in [7, 11) is 0. The predicted molar refractivity (Wildman–Crippen MR) is 119 cm³/mol. The lowest BCUT2D eigenvalue weighted by Gasteiger charge is -2.14. The number of benzene rings is 3. The van der Waals surface area contributed by atoms with Gasteiger partial charge in [-0.3, -0.25) is 10.2 Å². The van der Waals surface area contributed by atoms with Gasteiger partial charge in [0.2, 0.25) is 0 Å². The third-order valence-corrected chi connectivity index (χ3v) is 4.93. The second-order valence-corrected chi connectivity index (χ2v) is 6.83. The Labute approximate surface area is 171 Å². The molecule has 0 atom stereocenters. The Morgan fingerprint density at radius 1 is 0.767 bits per heavy atom. The van der Waals surface area contributed by atoms with Crippen molar-refractivity contribution in [1.29, 1.82) is 0 Å². The first kappa shape index (κ1) is 17.6. The van der Waals surface area contributed by atoms with Crippen LogP contribution in [-0.2, 0) is 0 Å². The summed E-state index contributed by atoms with van der Waals surface area (Å²) < 4.78 is 0. The SMILES string of the molecule is Nc1cc(-c2cn[nH]c2N=Nc2ccn[nH]2)cc(N)c1-c1cccc2ccccc12. The Morgan fingerprint density at radius 2 is 1.57 bits per heavy atom. The molecule has 6 N–H and O–H groups in total. The maximum Gasteiger partial charge on any atom is 0.178 e. The van der Waals surface area contributed by atoms with Crippen LogP contribution in [0.4, 0.5) is 23.0 Å². The highest BCUT2D eigenvalue weighted by Crippen LogP contribution is 2.40. The summed E-state index contributed by atoms with van der Waals surface area (Å²) in [6.07, 6.45) is 3.28. The molecule has 0 unspecified atom stereocenters. The number of anilines is 2. The molecular formula is C22H18N8. The van der Waals surface area contributed by atoms with Crippen LogP contribution >= 0.6 is 0 Å². The largest absolute Gasteiger partial charge is 0.398 e. The van der Waals surface area contributed by atoms with Crippen LogP contribution in [0.25, 0.3) is 33.0 Å². The number of hydrogen-bond donors (Lipinski definition) is 4. The molecule has 5 rings (SSSR count). The van der Waals surface area contributed by atoms with Crippen molar-refractivity contribution in [3.63, 3.8) is 0 Å². The molecule has 8 nitrogen and oxygen atoms in total. The smallest absolute Gasteiger partial charge is 0.178 e. The highest BCUT2D eigenvalue weighted by Gasteiger charge is 2.15. The van der Waals surface area contributed by atoms with Crippen LogP contribution in [0, 0.1) is 0 Å². The number of nitrogens with zero attached hydrogens (tertiary/aromatic N) is 4. The summed E-state index contributed by atoms with van der Waals surface area (Å²) >= 11 is 0. The van der Waals surface area contributed by atoms with Gasteiger partial charge in [-0.05, 0) is 34.0 Å². The van der Waals surface area contributed by atoms with Crippen molar-refractivity contribution in [2.24, 2.45) is 10.2 Å². The number of azo groups is 1. The molecule has 30 heavy (non-hydrogen) atoms. The van der Waals surface area contributed by atoms with Crippen molar-refractivity contribution in [1.82, 2.24) is 20.4 Å². The van der Waals surface area contributed by atoms with Gasteiger partial charge in [0, 0.05) is 28.6 Å². The minimum atomic E-state index is 0.501. The normalized spacial score (nSPS) is 11.5. The lowest BCUT2D eigenvalue weighted by molar-refractivity contribution is 1.03. The van der Waals surface area contributed by atoms with E-state index < -0.39 is 0 Å². The molecule has 0 aliphatic rings. The molecule has 0 bridgehead atoms. The topological polar surface area (TPSA) is 134 Å². The van der Waals surface area contributed by atoms with Gasteiger partial charge in [-0.15, -0.1) is 10.2 Å². The Hall–Kier alpha value is -4.46. The summed E-state index contributed by atoms with van der Waals surface area (Å²) in [6, 6.07) is 19.8. The first-order valence-electron chi connectivity index (χ1n) is 9.32. The zero-order chi connectivity index (χ0) is 20.5. The number of aromatic nitrogens is 4. The van der Waals surface area contributed by atoms with Crippen LogP contribution in [0.1, 0.15) is 0 Å². The summed E-state index contributed by atoms with van der Waals surface area (Å²) in [4.78, 5) is 0. The van der Waals surface area contributed by atoms with Crippen LogP contribution < -0.4 is 11.5 Å². The second-order valence-electron chi connectivity index (χ2n) is 6.83. The van der Waals surface area contributed by atoms with E-state index in [0.717, 1.165) is 33.0 Å². The van der Waals surface area contributed by atoms with Gasteiger partial charge in [0.25, 0.3) is 0 Å². The third-order valence-electron chi connectivity index (χ3n) is 4.93. The van der Waals surface area contributed by atoms with Crippen LogP contribution in [0.2, 0.25) is 0 Å². The van der Waals surface area contributed by atoms with Crippen molar-refractivity contribution >= 4 is 33.8 Å². The van der Waals surface area contributed by atoms with Gasteiger partial charge in [0.15, 0.2) is 11.6 Å². The van der Waals surface area contributed by atoms with E-state index in [9.17, 15) is 0 Å². The molecule has 2 aromatic heterocycles. The van der Waals surface area contributed by atoms with Crippen molar-refractivity contribution < 1.29 is 0 Å². The van der Waals surface area contributed by atoms with Gasteiger partial charge in [0.05, 0.1) is 12.4 Å². The highest BCUT2D eigenvalue weighted by molar-refractivity contribution is 6.03. The van der Waals surface area contributed by atoms with E-state index in [4.69, 9.17) is 11.5 Å². The number of nitrogens with two attached hydrogens (primary N) is 2. The van der Waals surface area contributed by atoms with Gasteiger partial charge in [-0.2, -0.15) is 10.2 Å². The van der Waals surface area contributed by atoms with Crippen molar-refractivity contribution in [3.05, 3.63) is 73.1 Å². The maximum atomic E-state index is 6.47. The Bertz CT molecular complexity index is 1340. The van der Waals surface area contributed by atoms with E-state index in [2.05, 4.69) is 48.8 Å². The monoisotopic (exact) mass is 394 g/mol. The molecule has 8 heteroatoms. The van der Waals surface area contributed by atoms with E-state index in [1.165, 1.54) is 0 Å². The molecule has 5 aromatic rings. The standard InChI is InChI=1S/C22H18N8/c23-18-10-14(17-12-26-29-22(17)30-28-20-8-9-25-27-20)11-19(24)21(18)16-7-3-5-13-4-1-2-6-15(13)16/h1-12H,23-24H2,(H,25,27)(H,26,29). The Morgan fingerprint density at radius 3 is 2.37 bits per heavy atom. The van der Waals surface area contributed by atoms with Gasteiger partial charge in [-0.25, -0.2) is 0 Å². The number of H-pyrrole nitrogens is 2. The molecule has 0 saturated heterocycles. The van der Waals surface area contributed by atoms with Crippen molar-refractivity contribution in [2.75, 3.05) is 11.5 Å². The molecule has 2 heterocycles. The number of aromatic amines is 2. The van der Waals surface area contributed by atoms with Gasteiger partial charge in [0.1, 0.15) is 0 Å². The minimum Gasteiger partial charge on any atom is -0.398 e. The number of nitrogens with one attached hydrogen (secondary N) is 2. The first-order valence-corrected chi connectivity index (χ1v) is 9.32. The van der Waals surface area contributed by atoms with Crippen LogP contribution in [0.3, 0.4) is 0 Å². The molecule has 0 saturated carbocycles. The van der Waals surface area contributed by atoms with E-state index in [-0.39, 0.29) is 0 Å². The lowest BCUT2D eigenvalue weighted by atomic mass is 9.93. The fraction of sp³-hybridized carbons (Fsp3) is 0. The van der Waals surface area contributed by atoms with Crippen molar-refractivity contribution in [3.8, 4) is 22.3 Å². The fourth-order valence-corrected chi connectivity index (χ4v) is 3.57. The second kappa shape index (κ2) is 7.17. The molecule has 0 radical (unpaired) electrons. The maximum absolute atomic E-state index is 6.47. The number of fused-ring (bicyclic) bond motifs is 1. The van der Waals surface area contributed by atoms with Gasteiger partial charge in [-0.1, -0.05) is 42.5 Å². The van der Waals surface area contributed by atoms with Crippen molar-refractivity contribution in [2.45, 2.75) is 0 Å². The van der Waals surface area contributed by atoms with E-state index in [0.29, 0.717) is 23.0 Å². The van der Waals surface area contributed by atoms with Crippen LogP contribution in [0.5, 0.6) is 0 Å². The summed E-state index contributed by atoms with van der Waals surface area (Å²) in [5.74, 6) is 1.04. The predicted octanol–water partition coefficient (Wildman–Crippen LogP) is 5.20. The number of rotatable bonds is 4. The molecule has 0 spiro atoms. The summed E-state index contributed by atoms with van der Waals surface area (Å²) in [5.41, 5.74) is 17.5. The zero-order valence-corrected chi connectivity index (χ0v) is 15.9. The Balaban J connectivity index is 1.59. The first-order chi connectivity index (χ1) is 14.7. The van der Waals surface area contributed by atoms with Gasteiger partial charge < -0.3 is 11.5 Å². The molecule has 0 fully saturated rings. The number of hydrogen-bond acceptors (Lipinski definition) is 6. The van der Waals surface area contributed by atoms with E-state index in [1.54, 1.807) is 18.5 Å². The average Bonchev–Trinajstić information content (AvgIpc) is 3.44. The average molecular weight is 394 g/mol. The van der Waals surface area contributed by atoms with E-state index >= 15 is 0 Å². The van der Waals surface area contributed by atoms with Gasteiger partial charge >= 0.3 is 0 Å². The minimum absolute atomic E-state index is 0.501. The summed E-state index contributed by atoms with van der Waals surface area (Å²) in [5, 5.41) is 24.1. The fourth-order valence-electron chi connectivity index (χ4n) is 3.57. The molecule has 0 aliphatic heterocycles. The van der Waals surface area contributed by atoms with E-state index in [1.807, 2.05) is 36.4 Å². The molecule has 0 aliphatic carbocycles. The van der Waals surface area contributed by atoms with Crippen LogP contribution in [-0.4, -0.2) is 20.4 Å². The number of nitrogen functional groups attached to an aromatic ring is 2. The molecule has 146 valence electrons. The molecule has 0 amide bonds. The highest BCUT2D eigenvalue weighted by atomic mass is 15.3. The lowest BCUT2D eigenvalue weighted by Crippen LogP contribution is -1.98. The quantitative estimate of drug-likeness (QED) is 0.246. The summed E-state index contributed by atoms with van der Waals surface area (Å²) in [6.45, 7) is 0. The zero-order valence-electron chi connectivity index (χ0n) is 15.9. The van der Waals surface area contributed by atoms with Crippen LogP contribution in [0.15, 0.2) is 83.3 Å².